The number of carbonyl (C=O) groups is 2. The Kier molecular flexibility index (Phi) is 5.16. The predicted molar refractivity (Wildman–Crippen MR) is 106 cm³/mol. The molecule has 1 amide bonds. The molecule has 0 spiro atoms. The second-order valence-corrected chi connectivity index (χ2v) is 8.50. The molecule has 1 aromatic heterocycles. The van der Waals surface area contributed by atoms with E-state index in [9.17, 15) is 14.7 Å². The van der Waals surface area contributed by atoms with Crippen molar-refractivity contribution in [2.24, 2.45) is 0 Å². The molecule has 0 aliphatic carbocycles. The number of aliphatic hydroxyl groups is 1. The number of aliphatic hydroxyl groups excluding tert-OH is 1. The molecule has 1 aromatic carbocycles. The summed E-state index contributed by atoms with van der Waals surface area (Å²) >= 11 is 4.83. The topological polar surface area (TPSA) is 66.8 Å². The van der Waals surface area contributed by atoms with Gasteiger partial charge in [0, 0.05) is 28.1 Å². The molecule has 2 aliphatic heterocycles. The van der Waals surface area contributed by atoms with Crippen molar-refractivity contribution in [3.8, 4) is 0 Å². The summed E-state index contributed by atoms with van der Waals surface area (Å²) in [6, 6.07) is 10.2. The Morgan fingerprint density at radius 3 is 2.67 bits per heavy atom. The Morgan fingerprint density at radius 1 is 1.26 bits per heavy atom. The van der Waals surface area contributed by atoms with E-state index in [2.05, 4.69) is 15.9 Å². The number of amides is 1. The Balaban J connectivity index is 1.78. The first-order valence-electron chi connectivity index (χ1n) is 8.75. The van der Waals surface area contributed by atoms with Crippen LogP contribution in [0.1, 0.15) is 29.3 Å². The van der Waals surface area contributed by atoms with Gasteiger partial charge in [-0.25, -0.2) is 0 Å². The van der Waals surface area contributed by atoms with Crippen LogP contribution in [0.15, 0.2) is 51.8 Å². The molecule has 0 bridgehead atoms. The van der Waals surface area contributed by atoms with Crippen molar-refractivity contribution in [1.82, 2.24) is 4.90 Å². The maximum Gasteiger partial charge on any atom is 0.295 e. The number of hydrogen-bond acceptors (Lipinski definition) is 5. The number of ketones is 1. The zero-order chi connectivity index (χ0) is 19.0. The van der Waals surface area contributed by atoms with Gasteiger partial charge < -0.3 is 14.7 Å². The van der Waals surface area contributed by atoms with Crippen LogP contribution in [0.5, 0.6) is 0 Å². The first-order chi connectivity index (χ1) is 13.1. The van der Waals surface area contributed by atoms with Crippen LogP contribution in [0.4, 0.5) is 0 Å². The molecule has 5 nitrogen and oxygen atoms in total. The van der Waals surface area contributed by atoms with Crippen LogP contribution in [-0.4, -0.2) is 41.0 Å². The monoisotopic (exact) mass is 447 g/mol. The molecule has 2 atom stereocenters. The third-order valence-corrected chi connectivity index (χ3v) is 6.35. The summed E-state index contributed by atoms with van der Waals surface area (Å²) in [5.74, 6) is -1.37. The number of rotatable bonds is 4. The van der Waals surface area contributed by atoms with Crippen LogP contribution in [0.2, 0.25) is 0 Å². The molecule has 2 fully saturated rings. The quantitative estimate of drug-likeness (QED) is 0.434. The molecule has 140 valence electrons. The van der Waals surface area contributed by atoms with Crippen LogP contribution in [0.3, 0.4) is 0 Å². The summed E-state index contributed by atoms with van der Waals surface area (Å²) < 4.78 is 6.54. The minimum absolute atomic E-state index is 0.0709. The van der Waals surface area contributed by atoms with Gasteiger partial charge in [0.15, 0.2) is 0 Å². The smallest absolute Gasteiger partial charge is 0.295 e. The molecule has 0 radical (unpaired) electrons. The molecule has 4 rings (SSSR count). The Hall–Kier alpha value is -1.96. The first-order valence-corrected chi connectivity index (χ1v) is 10.4. The number of thiophene rings is 1. The fraction of sp³-hybridized carbons (Fsp3) is 0.300. The second-order valence-electron chi connectivity index (χ2n) is 6.61. The first kappa shape index (κ1) is 18.4. The van der Waals surface area contributed by atoms with Crippen LogP contribution in [0, 0.1) is 0 Å². The number of halogens is 1. The average Bonchev–Trinajstić information content (AvgIpc) is 3.40. The van der Waals surface area contributed by atoms with Crippen molar-refractivity contribution in [2.75, 3.05) is 13.2 Å². The largest absolute Gasteiger partial charge is 0.507 e. The summed E-state index contributed by atoms with van der Waals surface area (Å²) in [6.07, 6.45) is 1.75. The molecule has 7 heteroatoms. The molecule has 2 aromatic rings. The summed E-state index contributed by atoms with van der Waals surface area (Å²) in [5, 5.41) is 12.8. The number of benzene rings is 1. The van der Waals surface area contributed by atoms with Crippen molar-refractivity contribution in [3.05, 3.63) is 62.3 Å². The highest BCUT2D eigenvalue weighted by Crippen LogP contribution is 2.41. The molecule has 1 N–H and O–H groups in total. The van der Waals surface area contributed by atoms with E-state index < -0.39 is 17.7 Å². The highest BCUT2D eigenvalue weighted by molar-refractivity contribution is 9.10. The van der Waals surface area contributed by atoms with E-state index in [-0.39, 0.29) is 17.4 Å². The molecule has 27 heavy (non-hydrogen) atoms. The summed E-state index contributed by atoms with van der Waals surface area (Å²) in [7, 11) is 0. The molecular weight excluding hydrogens is 430 g/mol. The normalized spacial score (nSPS) is 24.7. The molecule has 3 heterocycles. The van der Waals surface area contributed by atoms with Crippen molar-refractivity contribution in [1.29, 1.82) is 0 Å². The standard InChI is InChI=1S/C20H18BrNO4S/c21-13-7-5-12(6-8-13)18(23)16-17(15-4-2-10-27-15)22(20(25)19(16)24)11-14-3-1-9-26-14/h2,4-8,10,14,17,23H,1,3,9,11H2. The van der Waals surface area contributed by atoms with Crippen LogP contribution in [0.25, 0.3) is 5.76 Å². The van der Waals surface area contributed by atoms with Crippen molar-refractivity contribution < 1.29 is 19.4 Å². The number of carbonyl (C=O) groups excluding carboxylic acids is 2. The van der Waals surface area contributed by atoms with Crippen molar-refractivity contribution >= 4 is 44.7 Å². The van der Waals surface area contributed by atoms with Gasteiger partial charge in [-0.05, 0) is 36.4 Å². The average molecular weight is 448 g/mol. The lowest BCUT2D eigenvalue weighted by Crippen LogP contribution is -2.36. The lowest BCUT2D eigenvalue weighted by molar-refractivity contribution is -0.140. The fourth-order valence-electron chi connectivity index (χ4n) is 3.58. The van der Waals surface area contributed by atoms with E-state index in [0.29, 0.717) is 18.7 Å². The van der Waals surface area contributed by atoms with Gasteiger partial charge >= 0.3 is 0 Å². The highest BCUT2D eigenvalue weighted by atomic mass is 79.9. The number of Topliss-reactive ketones (excluding diaryl/α,β-unsaturated/α-hetero) is 1. The third kappa shape index (κ3) is 3.47. The Morgan fingerprint density at radius 2 is 2.04 bits per heavy atom. The summed E-state index contributed by atoms with van der Waals surface area (Å²) in [5.41, 5.74) is 0.651. The van der Waals surface area contributed by atoms with Gasteiger partial charge in [0.25, 0.3) is 11.7 Å². The minimum Gasteiger partial charge on any atom is -0.507 e. The van der Waals surface area contributed by atoms with Gasteiger partial charge in [0.2, 0.25) is 0 Å². The number of ether oxygens (including phenoxy) is 1. The van der Waals surface area contributed by atoms with E-state index in [1.165, 1.54) is 11.3 Å². The van der Waals surface area contributed by atoms with E-state index in [0.717, 1.165) is 22.2 Å². The van der Waals surface area contributed by atoms with Crippen molar-refractivity contribution in [2.45, 2.75) is 25.0 Å². The fourth-order valence-corrected chi connectivity index (χ4v) is 4.69. The lowest BCUT2D eigenvalue weighted by atomic mass is 10.00. The zero-order valence-corrected chi connectivity index (χ0v) is 16.8. The van der Waals surface area contributed by atoms with Crippen LogP contribution in [-0.2, 0) is 14.3 Å². The SMILES string of the molecule is O=C1C(=O)N(CC2CCCO2)C(c2cccs2)C1=C(O)c1ccc(Br)cc1. The second kappa shape index (κ2) is 7.58. The number of hydrogen-bond donors (Lipinski definition) is 1. The number of likely N-dealkylation sites (tertiary alicyclic amines) is 1. The summed E-state index contributed by atoms with van der Waals surface area (Å²) in [4.78, 5) is 28.0. The minimum atomic E-state index is -0.646. The Bertz CT molecular complexity index is 885. The number of nitrogens with zero attached hydrogens (tertiary/aromatic N) is 1. The lowest BCUT2D eigenvalue weighted by Gasteiger charge is -2.26. The molecular formula is C20H18BrNO4S. The maximum absolute atomic E-state index is 12.8. The predicted octanol–water partition coefficient (Wildman–Crippen LogP) is 4.11. The van der Waals surface area contributed by atoms with Crippen LogP contribution >= 0.6 is 27.3 Å². The molecule has 2 saturated heterocycles. The molecule has 2 aliphatic rings. The summed E-state index contributed by atoms with van der Waals surface area (Å²) in [6.45, 7) is 1.03. The molecule has 2 unspecified atom stereocenters. The van der Waals surface area contributed by atoms with Gasteiger partial charge in [-0.2, -0.15) is 0 Å². The van der Waals surface area contributed by atoms with E-state index in [1.54, 1.807) is 29.2 Å². The van der Waals surface area contributed by atoms with Gasteiger partial charge in [-0.3, -0.25) is 9.59 Å². The van der Waals surface area contributed by atoms with Crippen molar-refractivity contribution in [3.63, 3.8) is 0 Å². The van der Waals surface area contributed by atoms with Gasteiger partial charge in [-0.15, -0.1) is 11.3 Å². The highest BCUT2D eigenvalue weighted by Gasteiger charge is 2.47. The third-order valence-electron chi connectivity index (χ3n) is 4.89. The van der Waals surface area contributed by atoms with Crippen LogP contribution < -0.4 is 0 Å². The van der Waals surface area contributed by atoms with Gasteiger partial charge in [0.1, 0.15) is 5.76 Å². The van der Waals surface area contributed by atoms with Gasteiger partial charge in [-0.1, -0.05) is 34.1 Å². The zero-order valence-electron chi connectivity index (χ0n) is 14.4. The molecule has 0 saturated carbocycles. The van der Waals surface area contributed by atoms with E-state index in [4.69, 9.17) is 4.74 Å². The van der Waals surface area contributed by atoms with E-state index >= 15 is 0 Å². The van der Waals surface area contributed by atoms with E-state index in [1.807, 2.05) is 17.5 Å². The van der Waals surface area contributed by atoms with Gasteiger partial charge in [0.05, 0.1) is 17.7 Å². The maximum atomic E-state index is 12.8. The Labute approximate surface area is 169 Å².